The molecule has 0 aliphatic carbocycles. The van der Waals surface area contributed by atoms with Gasteiger partial charge in [-0.1, -0.05) is 45.2 Å². The van der Waals surface area contributed by atoms with Crippen LogP contribution >= 0.6 is 27.5 Å². The molecular weight excluding hydrogens is 326 g/mol. The van der Waals surface area contributed by atoms with Crippen molar-refractivity contribution in [3.63, 3.8) is 0 Å². The smallest absolute Gasteiger partial charge is 0.0587 e. The number of nitrogens with one attached hydrogen (secondary N) is 1. The number of allylic oxidation sites excluding steroid dienone is 1. The van der Waals surface area contributed by atoms with E-state index < -0.39 is 0 Å². The van der Waals surface area contributed by atoms with E-state index in [1.54, 1.807) is 7.11 Å². The van der Waals surface area contributed by atoms with Gasteiger partial charge in [0.1, 0.15) is 0 Å². The number of hydrogen-bond donors (Lipinski definition) is 1. The van der Waals surface area contributed by atoms with Crippen LogP contribution in [0.15, 0.2) is 34.3 Å². The van der Waals surface area contributed by atoms with Gasteiger partial charge in [0.15, 0.2) is 0 Å². The summed E-state index contributed by atoms with van der Waals surface area (Å²) in [7, 11) is 1.72. The molecule has 0 aromatic heterocycles. The monoisotopic (exact) mass is 345 g/mol. The third-order valence-electron chi connectivity index (χ3n) is 2.78. The first-order valence-electron chi connectivity index (χ1n) is 6.42. The number of hydrogen-bond acceptors (Lipinski definition) is 2. The molecule has 106 valence electrons. The molecule has 1 aromatic rings. The summed E-state index contributed by atoms with van der Waals surface area (Å²) in [6, 6.07) is 6.04. The maximum absolute atomic E-state index is 6.21. The fourth-order valence-corrected chi connectivity index (χ4v) is 2.50. The fraction of sp³-hybridized carbons (Fsp3) is 0.467. The highest BCUT2D eigenvalue weighted by Crippen LogP contribution is 2.23. The molecule has 0 bridgehead atoms. The molecular formula is C15H21BrClNO. The van der Waals surface area contributed by atoms with E-state index in [4.69, 9.17) is 16.3 Å². The fourth-order valence-electron chi connectivity index (χ4n) is 1.76. The third kappa shape index (κ3) is 7.11. The van der Waals surface area contributed by atoms with Crippen LogP contribution in [0.1, 0.15) is 18.9 Å². The maximum Gasteiger partial charge on any atom is 0.0587 e. The summed E-state index contributed by atoms with van der Waals surface area (Å²) in [5, 5.41) is 4.14. The molecule has 1 rings (SSSR count). The van der Waals surface area contributed by atoms with E-state index in [1.165, 1.54) is 11.1 Å². The minimum Gasteiger partial charge on any atom is -0.383 e. The van der Waals surface area contributed by atoms with Gasteiger partial charge < -0.3 is 10.1 Å². The number of halogens is 2. The standard InChI is InChI=1S/C15H21BrClNO/c1-12(4-3-7-18-8-9-19-2)10-13-5-6-14(16)11-15(13)17/h4-6,11,18H,3,7-10H2,1-2H3/b12-4-. The van der Waals surface area contributed by atoms with Crippen LogP contribution < -0.4 is 5.32 Å². The Morgan fingerprint density at radius 3 is 2.89 bits per heavy atom. The van der Waals surface area contributed by atoms with Gasteiger partial charge in [-0.25, -0.2) is 0 Å². The van der Waals surface area contributed by atoms with Crippen molar-refractivity contribution in [2.45, 2.75) is 19.8 Å². The Hall–Kier alpha value is -0.350. The van der Waals surface area contributed by atoms with Crippen molar-refractivity contribution in [2.75, 3.05) is 26.8 Å². The van der Waals surface area contributed by atoms with Crippen LogP contribution in [-0.4, -0.2) is 26.8 Å². The van der Waals surface area contributed by atoms with Crippen LogP contribution in [-0.2, 0) is 11.2 Å². The highest BCUT2D eigenvalue weighted by molar-refractivity contribution is 9.10. The molecule has 0 aliphatic rings. The summed E-state index contributed by atoms with van der Waals surface area (Å²) in [6.45, 7) is 4.79. The van der Waals surface area contributed by atoms with E-state index in [-0.39, 0.29) is 0 Å². The topological polar surface area (TPSA) is 21.3 Å². The van der Waals surface area contributed by atoms with Crippen molar-refractivity contribution in [3.05, 3.63) is 44.9 Å². The van der Waals surface area contributed by atoms with Gasteiger partial charge in [-0.3, -0.25) is 0 Å². The summed E-state index contributed by atoms with van der Waals surface area (Å²) >= 11 is 9.63. The van der Waals surface area contributed by atoms with Crippen molar-refractivity contribution in [1.29, 1.82) is 0 Å². The number of ether oxygens (including phenoxy) is 1. The Kier molecular flexibility index (Phi) is 8.38. The zero-order valence-corrected chi connectivity index (χ0v) is 13.9. The van der Waals surface area contributed by atoms with Crippen LogP contribution in [0.5, 0.6) is 0 Å². The van der Waals surface area contributed by atoms with E-state index in [2.05, 4.69) is 40.3 Å². The molecule has 0 saturated carbocycles. The minimum atomic E-state index is 0.761. The average molecular weight is 347 g/mol. The first-order valence-corrected chi connectivity index (χ1v) is 7.60. The molecule has 0 fully saturated rings. The molecule has 0 unspecified atom stereocenters. The van der Waals surface area contributed by atoms with Gasteiger partial charge in [-0.2, -0.15) is 0 Å². The highest BCUT2D eigenvalue weighted by atomic mass is 79.9. The molecule has 0 aliphatic heterocycles. The van der Waals surface area contributed by atoms with Gasteiger partial charge in [0.25, 0.3) is 0 Å². The molecule has 0 radical (unpaired) electrons. The van der Waals surface area contributed by atoms with Crippen LogP contribution in [0.25, 0.3) is 0 Å². The summed E-state index contributed by atoms with van der Waals surface area (Å²) in [5.41, 5.74) is 2.52. The molecule has 1 aromatic carbocycles. The van der Waals surface area contributed by atoms with Crippen LogP contribution in [0.2, 0.25) is 5.02 Å². The molecule has 1 N–H and O–H groups in total. The lowest BCUT2D eigenvalue weighted by Crippen LogP contribution is -2.19. The first kappa shape index (κ1) is 16.7. The number of methoxy groups -OCH3 is 1. The van der Waals surface area contributed by atoms with E-state index in [0.29, 0.717) is 0 Å². The minimum absolute atomic E-state index is 0.761. The van der Waals surface area contributed by atoms with Crippen molar-refractivity contribution < 1.29 is 4.74 Å². The predicted octanol–water partition coefficient (Wildman–Crippen LogP) is 4.22. The lowest BCUT2D eigenvalue weighted by atomic mass is 10.1. The molecule has 19 heavy (non-hydrogen) atoms. The zero-order chi connectivity index (χ0) is 14.1. The zero-order valence-electron chi connectivity index (χ0n) is 11.5. The molecule has 4 heteroatoms. The van der Waals surface area contributed by atoms with E-state index >= 15 is 0 Å². The summed E-state index contributed by atoms with van der Waals surface area (Å²) in [5.74, 6) is 0. The summed E-state index contributed by atoms with van der Waals surface area (Å²) in [6.07, 6.45) is 4.20. The van der Waals surface area contributed by atoms with E-state index in [1.807, 2.05) is 12.1 Å². The van der Waals surface area contributed by atoms with E-state index in [9.17, 15) is 0 Å². The number of benzene rings is 1. The Balaban J connectivity index is 2.35. The second kappa shape index (κ2) is 9.54. The van der Waals surface area contributed by atoms with Crippen LogP contribution in [0, 0.1) is 0 Å². The van der Waals surface area contributed by atoms with Crippen molar-refractivity contribution in [1.82, 2.24) is 5.32 Å². The highest BCUT2D eigenvalue weighted by Gasteiger charge is 2.01. The average Bonchev–Trinajstić information content (AvgIpc) is 2.37. The second-order valence-corrected chi connectivity index (χ2v) is 5.82. The third-order valence-corrected chi connectivity index (χ3v) is 3.63. The predicted molar refractivity (Wildman–Crippen MR) is 86.0 cm³/mol. The molecule has 0 spiro atoms. The number of rotatable bonds is 8. The SMILES string of the molecule is COCCNCC/C=C(/C)Cc1ccc(Br)cc1Cl. The van der Waals surface area contributed by atoms with Crippen molar-refractivity contribution >= 4 is 27.5 Å². The van der Waals surface area contributed by atoms with Gasteiger partial charge >= 0.3 is 0 Å². The van der Waals surface area contributed by atoms with Gasteiger partial charge in [0.05, 0.1) is 6.61 Å². The summed E-state index contributed by atoms with van der Waals surface area (Å²) in [4.78, 5) is 0. The Bertz CT molecular complexity index is 421. The van der Waals surface area contributed by atoms with E-state index in [0.717, 1.165) is 42.0 Å². The molecule has 0 atom stereocenters. The lowest BCUT2D eigenvalue weighted by molar-refractivity contribution is 0.199. The van der Waals surface area contributed by atoms with Crippen LogP contribution in [0.4, 0.5) is 0 Å². The van der Waals surface area contributed by atoms with Gasteiger partial charge in [-0.05, 0) is 44.0 Å². The molecule has 0 saturated heterocycles. The van der Waals surface area contributed by atoms with Crippen LogP contribution in [0.3, 0.4) is 0 Å². The normalized spacial score (nSPS) is 11.9. The Labute approximate surface area is 129 Å². The van der Waals surface area contributed by atoms with Gasteiger partial charge in [-0.15, -0.1) is 0 Å². The summed E-state index contributed by atoms with van der Waals surface area (Å²) < 4.78 is 5.99. The maximum atomic E-state index is 6.21. The van der Waals surface area contributed by atoms with Crippen molar-refractivity contribution in [3.8, 4) is 0 Å². The van der Waals surface area contributed by atoms with Gasteiger partial charge in [0, 0.05) is 23.1 Å². The molecule has 0 heterocycles. The van der Waals surface area contributed by atoms with Crippen molar-refractivity contribution in [2.24, 2.45) is 0 Å². The first-order chi connectivity index (χ1) is 9.13. The Morgan fingerprint density at radius 2 is 2.21 bits per heavy atom. The Morgan fingerprint density at radius 1 is 1.42 bits per heavy atom. The molecule has 0 amide bonds. The second-order valence-electron chi connectivity index (χ2n) is 4.49. The lowest BCUT2D eigenvalue weighted by Gasteiger charge is -2.06. The molecule has 2 nitrogen and oxygen atoms in total. The largest absolute Gasteiger partial charge is 0.383 e. The van der Waals surface area contributed by atoms with Gasteiger partial charge in [0.2, 0.25) is 0 Å². The quantitative estimate of drug-likeness (QED) is 0.562.